The molecule has 0 atom stereocenters. The molecule has 0 radical (unpaired) electrons. The summed E-state index contributed by atoms with van der Waals surface area (Å²) in [5.74, 6) is -0.240. The molecule has 6 nitrogen and oxygen atoms in total. The van der Waals surface area contributed by atoms with Crippen LogP contribution in [0.5, 0.6) is 0 Å². The lowest BCUT2D eigenvalue weighted by molar-refractivity contribution is -0.153. The average Bonchev–Trinajstić information content (AvgIpc) is 2.50. The van der Waals surface area contributed by atoms with E-state index in [2.05, 4.69) is 28.2 Å². The van der Waals surface area contributed by atoms with Gasteiger partial charge in [0.25, 0.3) is 0 Å². The van der Waals surface area contributed by atoms with Gasteiger partial charge >= 0.3 is 5.97 Å². The Hall–Kier alpha value is -1.11. The average molecular weight is 230 g/mol. The SMILES string of the molecule is CC(C)(C)C(=O)OCCn1nnnc1S. The van der Waals surface area contributed by atoms with E-state index >= 15 is 0 Å². The Bertz CT molecular complexity index is 345. The lowest BCUT2D eigenvalue weighted by Gasteiger charge is -2.16. The van der Waals surface area contributed by atoms with Crippen LogP contribution in [0.25, 0.3) is 0 Å². The molecule has 15 heavy (non-hydrogen) atoms. The number of carbonyl (C=O) groups excluding carboxylic acids is 1. The van der Waals surface area contributed by atoms with Crippen LogP contribution in [0.4, 0.5) is 0 Å². The van der Waals surface area contributed by atoms with Gasteiger partial charge in [0, 0.05) is 0 Å². The largest absolute Gasteiger partial charge is 0.463 e. The van der Waals surface area contributed by atoms with Crippen molar-refractivity contribution in [1.82, 2.24) is 20.2 Å². The van der Waals surface area contributed by atoms with E-state index in [1.807, 2.05) is 0 Å². The van der Waals surface area contributed by atoms with Crippen molar-refractivity contribution in [3.63, 3.8) is 0 Å². The van der Waals surface area contributed by atoms with Crippen LogP contribution in [0, 0.1) is 5.41 Å². The highest BCUT2D eigenvalue weighted by molar-refractivity contribution is 7.80. The zero-order valence-electron chi connectivity index (χ0n) is 8.97. The molecule has 1 aromatic rings. The summed E-state index contributed by atoms with van der Waals surface area (Å²) >= 11 is 4.02. The number of rotatable bonds is 3. The number of carbonyl (C=O) groups is 1. The summed E-state index contributed by atoms with van der Waals surface area (Å²) in [5.41, 5.74) is -0.482. The van der Waals surface area contributed by atoms with E-state index in [0.29, 0.717) is 11.7 Å². The molecule has 7 heteroatoms. The molecule has 0 aliphatic carbocycles. The molecule has 0 aliphatic rings. The Balaban J connectivity index is 2.35. The van der Waals surface area contributed by atoms with Crippen LogP contribution < -0.4 is 0 Å². The summed E-state index contributed by atoms with van der Waals surface area (Å²) in [6.07, 6.45) is 0. The van der Waals surface area contributed by atoms with Crippen LogP contribution in [0.2, 0.25) is 0 Å². The number of esters is 1. The van der Waals surface area contributed by atoms with Crippen molar-refractivity contribution in [3.05, 3.63) is 0 Å². The van der Waals surface area contributed by atoms with Gasteiger partial charge < -0.3 is 4.74 Å². The summed E-state index contributed by atoms with van der Waals surface area (Å²) in [6.45, 7) is 6.06. The monoisotopic (exact) mass is 230 g/mol. The molecule has 0 amide bonds. The van der Waals surface area contributed by atoms with Crippen molar-refractivity contribution in [1.29, 1.82) is 0 Å². The third-order valence-electron chi connectivity index (χ3n) is 1.66. The van der Waals surface area contributed by atoms with Gasteiger partial charge in [0.15, 0.2) is 0 Å². The van der Waals surface area contributed by atoms with E-state index in [1.54, 1.807) is 20.8 Å². The maximum absolute atomic E-state index is 11.4. The topological polar surface area (TPSA) is 69.9 Å². The van der Waals surface area contributed by atoms with E-state index in [0.717, 1.165) is 0 Å². The maximum atomic E-state index is 11.4. The Morgan fingerprint density at radius 3 is 2.67 bits per heavy atom. The minimum Gasteiger partial charge on any atom is -0.463 e. The maximum Gasteiger partial charge on any atom is 0.311 e. The van der Waals surface area contributed by atoms with E-state index in [1.165, 1.54) is 4.68 Å². The van der Waals surface area contributed by atoms with Crippen molar-refractivity contribution in [2.45, 2.75) is 32.5 Å². The fraction of sp³-hybridized carbons (Fsp3) is 0.750. The van der Waals surface area contributed by atoms with Crippen LogP contribution in [0.1, 0.15) is 20.8 Å². The van der Waals surface area contributed by atoms with Crippen LogP contribution in [0.3, 0.4) is 0 Å². The number of aromatic nitrogens is 4. The molecule has 0 spiro atoms. The molecule has 1 heterocycles. The van der Waals surface area contributed by atoms with Crippen LogP contribution in [-0.2, 0) is 16.1 Å². The molecule has 0 fully saturated rings. The molecule has 0 saturated carbocycles. The Morgan fingerprint density at radius 1 is 1.53 bits per heavy atom. The molecule has 1 rings (SSSR count). The fourth-order valence-corrected chi connectivity index (χ4v) is 0.966. The lowest BCUT2D eigenvalue weighted by atomic mass is 9.97. The molecular formula is C8H14N4O2S. The van der Waals surface area contributed by atoms with Crippen LogP contribution >= 0.6 is 12.6 Å². The predicted molar refractivity (Wildman–Crippen MR) is 55.5 cm³/mol. The molecule has 0 aromatic carbocycles. The number of hydrogen-bond donors (Lipinski definition) is 1. The second-order valence-electron chi connectivity index (χ2n) is 4.09. The molecular weight excluding hydrogens is 216 g/mol. The Kier molecular flexibility index (Phi) is 3.67. The van der Waals surface area contributed by atoms with Crippen molar-refractivity contribution < 1.29 is 9.53 Å². The highest BCUT2D eigenvalue weighted by Crippen LogP contribution is 2.14. The van der Waals surface area contributed by atoms with Crippen molar-refractivity contribution >= 4 is 18.6 Å². The highest BCUT2D eigenvalue weighted by Gasteiger charge is 2.22. The zero-order chi connectivity index (χ0) is 11.5. The third kappa shape index (κ3) is 3.50. The molecule has 0 unspecified atom stereocenters. The van der Waals surface area contributed by atoms with Crippen molar-refractivity contribution in [3.8, 4) is 0 Å². The number of ether oxygens (including phenoxy) is 1. The summed E-state index contributed by atoms with van der Waals surface area (Å²) in [7, 11) is 0. The Labute approximate surface area is 93.4 Å². The van der Waals surface area contributed by atoms with Crippen molar-refractivity contribution in [2.24, 2.45) is 5.41 Å². The van der Waals surface area contributed by atoms with E-state index in [-0.39, 0.29) is 12.6 Å². The second kappa shape index (κ2) is 4.61. The molecule has 0 aliphatic heterocycles. The van der Waals surface area contributed by atoms with Gasteiger partial charge in [-0.1, -0.05) is 0 Å². The molecule has 0 saturated heterocycles. The van der Waals surface area contributed by atoms with E-state index in [9.17, 15) is 4.79 Å². The molecule has 0 bridgehead atoms. The van der Waals surface area contributed by atoms with Gasteiger partial charge in [0.1, 0.15) is 6.61 Å². The summed E-state index contributed by atoms with van der Waals surface area (Å²) < 4.78 is 6.50. The molecule has 1 aromatic heterocycles. The first-order valence-electron chi connectivity index (χ1n) is 4.53. The number of tetrazole rings is 1. The van der Waals surface area contributed by atoms with Gasteiger partial charge in [0.05, 0.1) is 12.0 Å². The first-order valence-corrected chi connectivity index (χ1v) is 4.98. The minimum atomic E-state index is -0.482. The molecule has 84 valence electrons. The normalized spacial score (nSPS) is 11.5. The van der Waals surface area contributed by atoms with Crippen LogP contribution in [-0.4, -0.2) is 32.8 Å². The first-order chi connectivity index (χ1) is 6.91. The number of nitrogens with zero attached hydrogens (tertiary/aromatic N) is 4. The second-order valence-corrected chi connectivity index (χ2v) is 4.49. The zero-order valence-corrected chi connectivity index (χ0v) is 9.86. The lowest BCUT2D eigenvalue weighted by Crippen LogP contribution is -2.24. The number of hydrogen-bond acceptors (Lipinski definition) is 6. The quantitative estimate of drug-likeness (QED) is 0.606. The van der Waals surface area contributed by atoms with E-state index < -0.39 is 5.41 Å². The first kappa shape index (κ1) is 12.0. The standard InChI is InChI=1S/C8H14N4O2S/c1-8(2,3)6(13)14-5-4-12-7(15)9-10-11-12/h4-5H2,1-3H3,(H,9,11,15). The fourth-order valence-electron chi connectivity index (χ4n) is 0.786. The van der Waals surface area contributed by atoms with Gasteiger partial charge in [-0.05, 0) is 31.2 Å². The summed E-state index contributed by atoms with van der Waals surface area (Å²) in [5, 5.41) is 11.1. The van der Waals surface area contributed by atoms with Crippen molar-refractivity contribution in [2.75, 3.05) is 6.61 Å². The third-order valence-corrected chi connectivity index (χ3v) is 1.98. The highest BCUT2D eigenvalue weighted by atomic mass is 32.1. The van der Waals surface area contributed by atoms with Gasteiger partial charge in [-0.2, -0.15) is 0 Å². The van der Waals surface area contributed by atoms with Crippen LogP contribution in [0.15, 0.2) is 5.16 Å². The van der Waals surface area contributed by atoms with Gasteiger partial charge in [-0.3, -0.25) is 4.79 Å². The smallest absolute Gasteiger partial charge is 0.311 e. The van der Waals surface area contributed by atoms with Gasteiger partial charge in [-0.25, -0.2) is 4.68 Å². The van der Waals surface area contributed by atoms with Gasteiger partial charge in [-0.15, -0.1) is 17.7 Å². The minimum absolute atomic E-state index is 0.240. The van der Waals surface area contributed by atoms with E-state index in [4.69, 9.17) is 4.74 Å². The molecule has 0 N–H and O–H groups in total. The summed E-state index contributed by atoms with van der Waals surface area (Å²) in [4.78, 5) is 11.4. The Morgan fingerprint density at radius 2 is 2.20 bits per heavy atom. The van der Waals surface area contributed by atoms with Gasteiger partial charge in [0.2, 0.25) is 5.16 Å². The summed E-state index contributed by atoms with van der Waals surface area (Å²) in [6, 6.07) is 0. The predicted octanol–water partition coefficient (Wildman–Crippen LogP) is 0.551. The number of thiol groups is 1.